The first-order chi connectivity index (χ1) is 4.42. The molecule has 0 aromatic heterocycles. The molecule has 0 saturated heterocycles. The van der Waals surface area contributed by atoms with E-state index >= 15 is 0 Å². The second-order valence-corrected chi connectivity index (χ2v) is 7.14. The van der Waals surface area contributed by atoms with Crippen LogP contribution in [0.25, 0.3) is 0 Å². The molecule has 0 fully saturated rings. The van der Waals surface area contributed by atoms with Gasteiger partial charge in [-0.25, -0.2) is 0 Å². The average molecular weight is 296 g/mol. The molecular formula is C4H9Br2O3P. The molecule has 0 aromatic carbocycles. The van der Waals surface area contributed by atoms with Crippen LogP contribution < -0.4 is 0 Å². The summed E-state index contributed by atoms with van der Waals surface area (Å²) < 4.78 is 10.4. The predicted molar refractivity (Wildman–Crippen MR) is 47.8 cm³/mol. The lowest BCUT2D eigenvalue weighted by Gasteiger charge is -2.02. The number of halogens is 2. The van der Waals surface area contributed by atoms with E-state index in [1.54, 1.807) is 0 Å². The van der Waals surface area contributed by atoms with Crippen LogP contribution in [0.3, 0.4) is 0 Å². The Morgan fingerprint density at radius 3 is 2.20 bits per heavy atom. The van der Waals surface area contributed by atoms with Crippen molar-refractivity contribution in [1.29, 1.82) is 0 Å². The van der Waals surface area contributed by atoms with Gasteiger partial charge in [0, 0.05) is 6.16 Å². The van der Waals surface area contributed by atoms with Gasteiger partial charge in [0.25, 0.3) is 0 Å². The maximum Gasteiger partial charge on any atom is 0.325 e. The van der Waals surface area contributed by atoms with Crippen LogP contribution in [0.5, 0.6) is 0 Å². The predicted octanol–water partition coefficient (Wildman–Crippen LogP) is 2.06. The fraction of sp³-hybridized carbons (Fsp3) is 1.00. The minimum Gasteiger partial charge on any atom is -0.324 e. The summed E-state index contributed by atoms with van der Waals surface area (Å²) in [5.41, 5.74) is 0. The Labute approximate surface area is 76.6 Å². The van der Waals surface area contributed by atoms with Gasteiger partial charge in [-0.15, -0.1) is 0 Å². The quantitative estimate of drug-likeness (QED) is 0.616. The molecule has 3 nitrogen and oxygen atoms in total. The van der Waals surface area contributed by atoms with Gasteiger partial charge in [-0.3, -0.25) is 4.57 Å². The molecular weight excluding hydrogens is 287 g/mol. The number of alkyl halides is 2. The van der Waals surface area contributed by atoms with Crippen molar-refractivity contribution < 1.29 is 14.4 Å². The van der Waals surface area contributed by atoms with Gasteiger partial charge >= 0.3 is 7.60 Å². The molecule has 0 heterocycles. The first-order valence-electron chi connectivity index (χ1n) is 2.74. The molecule has 0 aliphatic rings. The van der Waals surface area contributed by atoms with E-state index in [0.29, 0.717) is 6.42 Å². The Kier molecular flexibility index (Phi) is 5.42. The Bertz CT molecular complexity index is 132. The van der Waals surface area contributed by atoms with E-state index in [-0.39, 0.29) is 9.90 Å². The van der Waals surface area contributed by atoms with Crippen LogP contribution in [0.4, 0.5) is 0 Å². The topological polar surface area (TPSA) is 57.5 Å². The molecule has 0 amide bonds. The maximum atomic E-state index is 10.3. The Morgan fingerprint density at radius 2 is 1.90 bits per heavy atom. The smallest absolute Gasteiger partial charge is 0.324 e. The normalized spacial score (nSPS) is 12.5. The van der Waals surface area contributed by atoms with E-state index in [9.17, 15) is 4.57 Å². The molecule has 0 unspecified atom stereocenters. The molecule has 0 aromatic rings. The molecule has 0 radical (unpaired) electrons. The summed E-state index contributed by atoms with van der Waals surface area (Å²) in [6.07, 6.45) is 1.23. The Hall–Kier alpha value is 1.11. The van der Waals surface area contributed by atoms with Crippen LogP contribution in [0.2, 0.25) is 0 Å². The van der Waals surface area contributed by atoms with Gasteiger partial charge in [0.15, 0.2) is 0 Å². The van der Waals surface area contributed by atoms with Crippen LogP contribution in [0, 0.1) is 0 Å². The van der Waals surface area contributed by atoms with Crippen LogP contribution in [-0.2, 0) is 4.57 Å². The number of rotatable bonds is 4. The summed E-state index contributed by atoms with van der Waals surface area (Å²) in [7, 11) is -3.76. The summed E-state index contributed by atoms with van der Waals surface area (Å²) in [6, 6.07) is 0. The fourth-order valence-corrected chi connectivity index (χ4v) is 1.69. The molecule has 0 saturated carbocycles. The van der Waals surface area contributed by atoms with Gasteiger partial charge in [0.05, 0.1) is 3.74 Å². The van der Waals surface area contributed by atoms with Crippen molar-refractivity contribution in [2.45, 2.75) is 16.6 Å². The third-order valence-corrected chi connectivity index (χ3v) is 2.69. The summed E-state index contributed by atoms with van der Waals surface area (Å²) in [6.45, 7) is 0. The zero-order chi connectivity index (χ0) is 8.20. The molecule has 0 aliphatic heterocycles. The van der Waals surface area contributed by atoms with E-state index in [4.69, 9.17) is 9.79 Å². The molecule has 6 heteroatoms. The van der Waals surface area contributed by atoms with Crippen LogP contribution in [0.15, 0.2) is 0 Å². The van der Waals surface area contributed by atoms with E-state index in [0.717, 1.165) is 6.42 Å². The summed E-state index contributed by atoms with van der Waals surface area (Å²) in [5, 5.41) is 0. The van der Waals surface area contributed by atoms with Crippen molar-refractivity contribution in [1.82, 2.24) is 0 Å². The number of hydrogen-bond acceptors (Lipinski definition) is 1. The monoisotopic (exact) mass is 294 g/mol. The molecule has 0 rings (SSSR count). The number of hydrogen-bond donors (Lipinski definition) is 2. The molecule has 62 valence electrons. The van der Waals surface area contributed by atoms with E-state index < -0.39 is 7.60 Å². The van der Waals surface area contributed by atoms with Gasteiger partial charge in [-0.05, 0) is 12.8 Å². The highest BCUT2D eigenvalue weighted by molar-refractivity contribution is 9.24. The zero-order valence-corrected chi connectivity index (χ0v) is 9.27. The van der Waals surface area contributed by atoms with Crippen molar-refractivity contribution in [3.8, 4) is 0 Å². The van der Waals surface area contributed by atoms with Crippen LogP contribution in [-0.4, -0.2) is 19.7 Å². The van der Waals surface area contributed by atoms with Crippen molar-refractivity contribution in [2.24, 2.45) is 0 Å². The zero-order valence-electron chi connectivity index (χ0n) is 5.20. The van der Waals surface area contributed by atoms with Gasteiger partial charge in [-0.1, -0.05) is 31.9 Å². The maximum absolute atomic E-state index is 10.3. The fourth-order valence-electron chi connectivity index (χ4n) is 0.452. The Morgan fingerprint density at radius 1 is 1.40 bits per heavy atom. The van der Waals surface area contributed by atoms with Crippen molar-refractivity contribution >= 4 is 39.5 Å². The summed E-state index contributed by atoms with van der Waals surface area (Å²) >= 11 is 6.41. The SMILES string of the molecule is O=P(O)(O)CCCC(Br)Br. The highest BCUT2D eigenvalue weighted by Gasteiger charge is 2.12. The lowest BCUT2D eigenvalue weighted by atomic mass is 10.4. The van der Waals surface area contributed by atoms with Gasteiger partial charge in [0.2, 0.25) is 0 Å². The Balaban J connectivity index is 3.30. The third kappa shape index (κ3) is 9.11. The third-order valence-electron chi connectivity index (χ3n) is 0.872. The van der Waals surface area contributed by atoms with Gasteiger partial charge in [0.1, 0.15) is 0 Å². The summed E-state index contributed by atoms with van der Waals surface area (Å²) in [5.74, 6) is 0. The molecule has 2 N–H and O–H groups in total. The minimum atomic E-state index is -3.76. The lowest BCUT2D eigenvalue weighted by molar-refractivity contribution is 0.371. The lowest BCUT2D eigenvalue weighted by Crippen LogP contribution is -1.91. The second kappa shape index (κ2) is 4.88. The molecule has 0 bridgehead atoms. The van der Waals surface area contributed by atoms with E-state index in [2.05, 4.69) is 31.9 Å². The molecule has 0 atom stereocenters. The second-order valence-electron chi connectivity index (χ2n) is 1.92. The highest BCUT2D eigenvalue weighted by Crippen LogP contribution is 2.36. The van der Waals surface area contributed by atoms with Gasteiger partial charge in [-0.2, -0.15) is 0 Å². The van der Waals surface area contributed by atoms with E-state index in [1.807, 2.05) is 0 Å². The standard InChI is InChI=1S/C4H9Br2O3P/c5-4(6)2-1-3-10(7,8)9/h4H,1-3H2,(H2,7,8,9). The van der Waals surface area contributed by atoms with Crippen LogP contribution >= 0.6 is 39.5 Å². The summed E-state index contributed by atoms with van der Waals surface area (Å²) in [4.78, 5) is 16.8. The largest absolute Gasteiger partial charge is 0.325 e. The first kappa shape index (κ1) is 11.1. The molecule has 0 spiro atoms. The van der Waals surface area contributed by atoms with E-state index in [1.165, 1.54) is 0 Å². The first-order valence-corrected chi connectivity index (χ1v) is 6.37. The van der Waals surface area contributed by atoms with Crippen molar-refractivity contribution in [2.75, 3.05) is 6.16 Å². The molecule has 0 aliphatic carbocycles. The van der Waals surface area contributed by atoms with Crippen molar-refractivity contribution in [3.63, 3.8) is 0 Å². The van der Waals surface area contributed by atoms with Crippen LogP contribution in [0.1, 0.15) is 12.8 Å². The van der Waals surface area contributed by atoms with Gasteiger partial charge < -0.3 is 9.79 Å². The average Bonchev–Trinajstić information content (AvgIpc) is 1.59. The minimum absolute atomic E-state index is 0.0271. The van der Waals surface area contributed by atoms with Crippen molar-refractivity contribution in [3.05, 3.63) is 0 Å². The highest BCUT2D eigenvalue weighted by atomic mass is 79.9. The molecule has 10 heavy (non-hydrogen) atoms.